The number of ether oxygens (including phenoxy) is 1. The molecule has 0 radical (unpaired) electrons. The molecule has 1 aromatic heterocycles. The van der Waals surface area contributed by atoms with Gasteiger partial charge in [0.1, 0.15) is 16.8 Å². The molecular formula is C20H22ClN3O2S. The number of pyridine rings is 1. The molecule has 0 aliphatic rings. The summed E-state index contributed by atoms with van der Waals surface area (Å²) in [6.07, 6.45) is 2.98. The molecule has 0 bridgehead atoms. The number of halogens is 1. The van der Waals surface area contributed by atoms with E-state index in [9.17, 15) is 10.1 Å². The first-order valence-electron chi connectivity index (χ1n) is 8.69. The number of anilines is 1. The van der Waals surface area contributed by atoms with Crippen molar-refractivity contribution in [3.8, 4) is 11.8 Å². The van der Waals surface area contributed by atoms with Crippen LogP contribution in [-0.4, -0.2) is 23.3 Å². The van der Waals surface area contributed by atoms with Crippen molar-refractivity contribution in [1.82, 2.24) is 4.98 Å². The van der Waals surface area contributed by atoms with Crippen LogP contribution in [0.2, 0.25) is 5.02 Å². The third kappa shape index (κ3) is 5.88. The minimum absolute atomic E-state index is 0.189. The molecule has 27 heavy (non-hydrogen) atoms. The van der Waals surface area contributed by atoms with E-state index in [4.69, 9.17) is 16.3 Å². The molecule has 1 atom stereocenters. The second-order valence-corrected chi connectivity index (χ2v) is 7.71. The van der Waals surface area contributed by atoms with E-state index in [1.54, 1.807) is 31.2 Å². The van der Waals surface area contributed by atoms with Crippen LogP contribution in [0.5, 0.6) is 5.75 Å². The summed E-state index contributed by atoms with van der Waals surface area (Å²) in [4.78, 5) is 17.1. The maximum absolute atomic E-state index is 12.5. The van der Waals surface area contributed by atoms with E-state index in [2.05, 4.69) is 23.3 Å². The van der Waals surface area contributed by atoms with Gasteiger partial charge in [-0.25, -0.2) is 4.98 Å². The second-order valence-electron chi connectivity index (χ2n) is 5.97. The molecule has 0 aliphatic carbocycles. The number of methoxy groups -OCH3 is 1. The Kier molecular flexibility index (Phi) is 7.96. The van der Waals surface area contributed by atoms with Gasteiger partial charge in [-0.1, -0.05) is 36.7 Å². The summed E-state index contributed by atoms with van der Waals surface area (Å²) >= 11 is 7.37. The molecule has 1 heterocycles. The van der Waals surface area contributed by atoms with Crippen LogP contribution in [0.15, 0.2) is 35.4 Å². The van der Waals surface area contributed by atoms with E-state index < -0.39 is 5.25 Å². The Morgan fingerprint density at radius 3 is 2.81 bits per heavy atom. The number of hydrogen-bond acceptors (Lipinski definition) is 5. The fourth-order valence-electron chi connectivity index (χ4n) is 2.36. The second kappa shape index (κ2) is 10.2. The number of amides is 1. The summed E-state index contributed by atoms with van der Waals surface area (Å²) in [6.45, 7) is 3.91. The highest BCUT2D eigenvalue weighted by Gasteiger charge is 2.18. The van der Waals surface area contributed by atoms with Crippen LogP contribution < -0.4 is 10.1 Å². The van der Waals surface area contributed by atoms with Crippen LogP contribution >= 0.6 is 23.4 Å². The molecule has 0 aliphatic heterocycles. The van der Waals surface area contributed by atoms with Crippen molar-refractivity contribution in [2.24, 2.45) is 0 Å². The maximum Gasteiger partial charge on any atom is 0.237 e. The Morgan fingerprint density at radius 1 is 1.41 bits per heavy atom. The minimum atomic E-state index is -0.424. The van der Waals surface area contributed by atoms with Crippen molar-refractivity contribution in [1.29, 1.82) is 5.26 Å². The highest BCUT2D eigenvalue weighted by atomic mass is 35.5. The van der Waals surface area contributed by atoms with E-state index in [-0.39, 0.29) is 5.91 Å². The Labute approximate surface area is 169 Å². The van der Waals surface area contributed by atoms with Crippen molar-refractivity contribution in [3.05, 3.63) is 46.6 Å². The first kappa shape index (κ1) is 21.1. The van der Waals surface area contributed by atoms with E-state index >= 15 is 0 Å². The molecule has 1 unspecified atom stereocenters. The summed E-state index contributed by atoms with van der Waals surface area (Å²) < 4.78 is 5.11. The van der Waals surface area contributed by atoms with Gasteiger partial charge in [-0.3, -0.25) is 4.79 Å². The van der Waals surface area contributed by atoms with Crippen molar-refractivity contribution in [3.63, 3.8) is 0 Å². The SMILES string of the molecule is CCCCc1ccc(C#N)c(SC(C)C(=O)Nc2ccc(OC)c(Cl)c2)n1. The van der Waals surface area contributed by atoms with Gasteiger partial charge in [0, 0.05) is 11.4 Å². The highest BCUT2D eigenvalue weighted by molar-refractivity contribution is 8.00. The first-order chi connectivity index (χ1) is 13.0. The van der Waals surface area contributed by atoms with E-state index in [1.807, 2.05) is 6.07 Å². The zero-order chi connectivity index (χ0) is 19.8. The van der Waals surface area contributed by atoms with Crippen molar-refractivity contribution in [2.45, 2.75) is 43.4 Å². The van der Waals surface area contributed by atoms with Crippen molar-refractivity contribution < 1.29 is 9.53 Å². The molecule has 1 aromatic carbocycles. The Hall–Kier alpha value is -2.23. The summed E-state index contributed by atoms with van der Waals surface area (Å²) in [5, 5.41) is 12.7. The van der Waals surface area contributed by atoms with Crippen LogP contribution in [0.25, 0.3) is 0 Å². The van der Waals surface area contributed by atoms with Crippen LogP contribution in [0.1, 0.15) is 37.9 Å². The van der Waals surface area contributed by atoms with Crippen molar-refractivity contribution in [2.75, 3.05) is 12.4 Å². The number of rotatable bonds is 8. The van der Waals surface area contributed by atoms with Crippen LogP contribution in [-0.2, 0) is 11.2 Å². The van der Waals surface area contributed by atoms with Gasteiger partial charge in [-0.05, 0) is 50.1 Å². The molecule has 0 spiro atoms. The zero-order valence-corrected chi connectivity index (χ0v) is 17.2. The van der Waals surface area contributed by atoms with E-state index in [0.717, 1.165) is 25.0 Å². The number of aryl methyl sites for hydroxylation is 1. The molecule has 5 nitrogen and oxygen atoms in total. The Morgan fingerprint density at radius 2 is 2.19 bits per heavy atom. The average Bonchev–Trinajstić information content (AvgIpc) is 2.66. The smallest absolute Gasteiger partial charge is 0.237 e. The van der Waals surface area contributed by atoms with Gasteiger partial charge in [-0.2, -0.15) is 5.26 Å². The largest absolute Gasteiger partial charge is 0.495 e. The molecule has 0 saturated heterocycles. The third-order valence-corrected chi connectivity index (χ3v) is 5.30. The monoisotopic (exact) mass is 403 g/mol. The number of aromatic nitrogens is 1. The highest BCUT2D eigenvalue weighted by Crippen LogP contribution is 2.29. The quantitative estimate of drug-likeness (QED) is 0.622. The van der Waals surface area contributed by atoms with Crippen LogP contribution in [0.3, 0.4) is 0 Å². The summed E-state index contributed by atoms with van der Waals surface area (Å²) in [7, 11) is 1.53. The number of carbonyl (C=O) groups is 1. The first-order valence-corrected chi connectivity index (χ1v) is 9.95. The number of thioether (sulfide) groups is 1. The number of benzene rings is 1. The molecule has 1 N–H and O–H groups in total. The molecule has 2 rings (SSSR count). The van der Waals surface area contributed by atoms with Gasteiger partial charge in [0.2, 0.25) is 5.91 Å². The van der Waals surface area contributed by atoms with Crippen LogP contribution in [0.4, 0.5) is 5.69 Å². The van der Waals surface area contributed by atoms with Gasteiger partial charge in [0.05, 0.1) is 22.9 Å². The molecule has 0 fully saturated rings. The lowest BCUT2D eigenvalue weighted by molar-refractivity contribution is -0.115. The number of unbranched alkanes of at least 4 members (excludes halogenated alkanes) is 1. The van der Waals surface area contributed by atoms with Gasteiger partial charge in [-0.15, -0.1) is 0 Å². The zero-order valence-electron chi connectivity index (χ0n) is 15.6. The summed E-state index contributed by atoms with van der Waals surface area (Å²) in [5.41, 5.74) is 2.00. The maximum atomic E-state index is 12.5. The lowest BCUT2D eigenvalue weighted by Gasteiger charge is -2.14. The lowest BCUT2D eigenvalue weighted by atomic mass is 10.2. The number of nitriles is 1. The predicted molar refractivity (Wildman–Crippen MR) is 110 cm³/mol. The molecule has 1 amide bonds. The van der Waals surface area contributed by atoms with Gasteiger partial charge >= 0.3 is 0 Å². The van der Waals surface area contributed by atoms with Crippen LogP contribution in [0, 0.1) is 11.3 Å². The lowest BCUT2D eigenvalue weighted by Crippen LogP contribution is -2.22. The fraction of sp³-hybridized carbons (Fsp3) is 0.350. The minimum Gasteiger partial charge on any atom is -0.495 e. The van der Waals surface area contributed by atoms with E-state index in [0.29, 0.717) is 27.0 Å². The molecular weight excluding hydrogens is 382 g/mol. The number of nitrogens with zero attached hydrogens (tertiary/aromatic N) is 2. The fourth-order valence-corrected chi connectivity index (χ4v) is 3.53. The number of nitrogens with one attached hydrogen (secondary N) is 1. The predicted octanol–water partition coefficient (Wildman–Crippen LogP) is 5.08. The average molecular weight is 404 g/mol. The summed E-state index contributed by atoms with van der Waals surface area (Å²) in [5.74, 6) is 0.356. The molecule has 7 heteroatoms. The van der Waals surface area contributed by atoms with Gasteiger partial charge in [0.15, 0.2) is 0 Å². The summed E-state index contributed by atoms with van der Waals surface area (Å²) in [6, 6.07) is 10.9. The van der Waals surface area contributed by atoms with Crippen molar-refractivity contribution >= 4 is 35.0 Å². The Bertz CT molecular complexity index is 852. The standard InChI is InChI=1S/C20H22ClN3O2S/c1-4-5-6-15-8-7-14(12-22)20(24-15)27-13(2)19(25)23-16-9-10-18(26-3)17(21)11-16/h7-11,13H,4-6H2,1-3H3,(H,23,25). The molecule has 2 aromatic rings. The van der Waals surface area contributed by atoms with E-state index in [1.165, 1.54) is 18.9 Å². The molecule has 0 saturated carbocycles. The molecule has 142 valence electrons. The Balaban J connectivity index is 2.09. The number of hydrogen-bond donors (Lipinski definition) is 1. The van der Waals surface area contributed by atoms with Gasteiger partial charge < -0.3 is 10.1 Å². The normalized spacial score (nSPS) is 11.5. The third-order valence-electron chi connectivity index (χ3n) is 3.90. The topological polar surface area (TPSA) is 75.0 Å². The number of carbonyl (C=O) groups excluding carboxylic acids is 1. The van der Waals surface area contributed by atoms with Gasteiger partial charge in [0.25, 0.3) is 0 Å².